The number of nitro groups is 1. The number of carbonyl (C=O) groups excluding carboxylic acids is 2. The molecule has 0 fully saturated rings. The van der Waals surface area contributed by atoms with Gasteiger partial charge in [-0.05, 0) is 43.3 Å². The highest BCUT2D eigenvalue weighted by Gasteiger charge is 2.20. The molecule has 0 saturated carbocycles. The van der Waals surface area contributed by atoms with E-state index in [4.69, 9.17) is 16.3 Å². The van der Waals surface area contributed by atoms with Gasteiger partial charge in [-0.15, -0.1) is 11.8 Å². The van der Waals surface area contributed by atoms with E-state index in [0.29, 0.717) is 10.8 Å². The number of ether oxygens (including phenoxy) is 1. The van der Waals surface area contributed by atoms with Gasteiger partial charge in [-0.3, -0.25) is 19.7 Å². The topological polar surface area (TPSA) is 98.5 Å². The molecule has 2 aromatic carbocycles. The molecule has 0 heterocycles. The molecule has 28 heavy (non-hydrogen) atoms. The molecule has 0 aliphatic carbocycles. The third kappa shape index (κ3) is 6.50. The van der Waals surface area contributed by atoms with Crippen molar-refractivity contribution in [1.29, 1.82) is 0 Å². The van der Waals surface area contributed by atoms with Gasteiger partial charge in [0.05, 0.1) is 11.3 Å². The summed E-state index contributed by atoms with van der Waals surface area (Å²) >= 11 is 7.24. The lowest BCUT2D eigenvalue weighted by molar-refractivity contribution is -0.387. The molecule has 1 unspecified atom stereocenters. The Morgan fingerprint density at radius 3 is 2.61 bits per heavy atom. The van der Waals surface area contributed by atoms with Crippen molar-refractivity contribution < 1.29 is 23.6 Å². The number of rotatable bonds is 8. The minimum absolute atomic E-state index is 0.0271. The molecule has 0 aliphatic heterocycles. The molecular weight excluding hydrogens is 411 g/mol. The van der Waals surface area contributed by atoms with E-state index in [1.165, 1.54) is 24.8 Å². The molecule has 0 bridgehead atoms. The van der Waals surface area contributed by atoms with Gasteiger partial charge < -0.3 is 10.1 Å². The molecule has 148 valence electrons. The van der Waals surface area contributed by atoms with E-state index in [1.807, 2.05) is 12.1 Å². The quantitative estimate of drug-likeness (QED) is 0.290. The summed E-state index contributed by atoms with van der Waals surface area (Å²) in [5.74, 6) is -1.80. The lowest BCUT2D eigenvalue weighted by Crippen LogP contribution is -2.30. The Morgan fingerprint density at radius 1 is 1.29 bits per heavy atom. The van der Waals surface area contributed by atoms with Gasteiger partial charge in [-0.1, -0.05) is 11.6 Å². The summed E-state index contributed by atoms with van der Waals surface area (Å²) in [6, 6.07) is 10.1. The Kier molecular flexibility index (Phi) is 7.77. The minimum Gasteiger partial charge on any atom is -0.453 e. The van der Waals surface area contributed by atoms with Gasteiger partial charge in [-0.25, -0.2) is 0 Å². The van der Waals surface area contributed by atoms with E-state index in [2.05, 4.69) is 5.32 Å². The van der Waals surface area contributed by atoms with Crippen molar-refractivity contribution in [1.82, 2.24) is 0 Å². The van der Waals surface area contributed by atoms with Crippen LogP contribution >= 0.6 is 23.4 Å². The van der Waals surface area contributed by atoms with Crippen molar-refractivity contribution in [3.63, 3.8) is 0 Å². The van der Waals surface area contributed by atoms with Crippen LogP contribution in [0.25, 0.3) is 0 Å². The van der Waals surface area contributed by atoms with Gasteiger partial charge in [0, 0.05) is 27.4 Å². The second kappa shape index (κ2) is 10.0. The Morgan fingerprint density at radius 2 is 1.96 bits per heavy atom. The summed E-state index contributed by atoms with van der Waals surface area (Å²) in [6.45, 7) is 1.37. The van der Waals surface area contributed by atoms with Crippen molar-refractivity contribution >= 4 is 46.6 Å². The molecular formula is C18H16ClFN2O5S. The number of anilines is 1. The lowest BCUT2D eigenvalue weighted by Gasteiger charge is -2.13. The van der Waals surface area contributed by atoms with Crippen LogP contribution in [-0.4, -0.2) is 28.7 Å². The van der Waals surface area contributed by atoms with Crippen molar-refractivity contribution in [2.75, 3.05) is 11.1 Å². The number of nitro benzene ring substituents is 1. The van der Waals surface area contributed by atoms with E-state index < -0.39 is 34.4 Å². The maximum Gasteiger partial charge on any atom is 0.307 e. The van der Waals surface area contributed by atoms with Gasteiger partial charge >= 0.3 is 11.7 Å². The van der Waals surface area contributed by atoms with Crippen LogP contribution in [0, 0.1) is 15.9 Å². The van der Waals surface area contributed by atoms with Gasteiger partial charge in [0.15, 0.2) is 6.10 Å². The highest BCUT2D eigenvalue weighted by Crippen LogP contribution is 2.22. The number of carbonyl (C=O) groups is 2. The summed E-state index contributed by atoms with van der Waals surface area (Å²) in [7, 11) is 0. The summed E-state index contributed by atoms with van der Waals surface area (Å²) in [5.41, 5.74) is -0.735. The molecule has 1 N–H and O–H groups in total. The molecule has 7 nitrogen and oxygen atoms in total. The van der Waals surface area contributed by atoms with Crippen LogP contribution in [0.3, 0.4) is 0 Å². The molecule has 2 aromatic rings. The fourth-order valence-electron chi connectivity index (χ4n) is 2.07. The summed E-state index contributed by atoms with van der Waals surface area (Å²) < 4.78 is 18.4. The molecule has 2 rings (SSSR count). The first-order chi connectivity index (χ1) is 13.3. The van der Waals surface area contributed by atoms with Crippen LogP contribution < -0.4 is 5.32 Å². The van der Waals surface area contributed by atoms with Crippen molar-refractivity contribution in [2.24, 2.45) is 0 Å². The molecule has 10 heteroatoms. The number of benzene rings is 2. The van der Waals surface area contributed by atoms with Crippen LogP contribution in [0.1, 0.15) is 13.3 Å². The second-order valence-corrected chi connectivity index (χ2v) is 7.20. The average molecular weight is 427 g/mol. The minimum atomic E-state index is -1.11. The monoisotopic (exact) mass is 426 g/mol. The van der Waals surface area contributed by atoms with Gasteiger partial charge in [0.2, 0.25) is 5.82 Å². The number of nitrogens with zero attached hydrogens (tertiary/aromatic N) is 1. The SMILES string of the molecule is CC(OC(=O)CCSc1ccc(Cl)cc1)C(=O)Nc1ccc(F)c([N+](=O)[O-])c1. The molecule has 0 aliphatic rings. The Labute approximate surface area is 169 Å². The fraction of sp³-hybridized carbons (Fsp3) is 0.222. The van der Waals surface area contributed by atoms with Crippen molar-refractivity contribution in [3.8, 4) is 0 Å². The first-order valence-corrected chi connectivity index (χ1v) is 9.45. The Balaban J connectivity index is 1.81. The maximum absolute atomic E-state index is 13.3. The van der Waals surface area contributed by atoms with Crippen LogP contribution in [0.4, 0.5) is 15.8 Å². The van der Waals surface area contributed by atoms with Crippen molar-refractivity contribution in [2.45, 2.75) is 24.3 Å². The molecule has 0 aromatic heterocycles. The molecule has 1 atom stereocenters. The summed E-state index contributed by atoms with van der Waals surface area (Å²) in [6.07, 6.45) is -1.02. The number of halogens is 2. The van der Waals surface area contributed by atoms with Gasteiger partial charge in [-0.2, -0.15) is 4.39 Å². The van der Waals surface area contributed by atoms with Crippen LogP contribution in [0.2, 0.25) is 5.02 Å². The van der Waals surface area contributed by atoms with E-state index in [9.17, 15) is 24.1 Å². The molecule has 0 radical (unpaired) electrons. The van der Waals surface area contributed by atoms with Crippen LogP contribution in [0.5, 0.6) is 0 Å². The Bertz CT molecular complexity index is 879. The van der Waals surface area contributed by atoms with Gasteiger partial charge in [0.25, 0.3) is 5.91 Å². The average Bonchev–Trinajstić information content (AvgIpc) is 2.64. The zero-order valence-corrected chi connectivity index (χ0v) is 16.3. The number of hydrogen-bond donors (Lipinski definition) is 1. The number of amides is 1. The molecule has 0 spiro atoms. The third-order valence-electron chi connectivity index (χ3n) is 3.48. The van der Waals surface area contributed by atoms with Crippen LogP contribution in [0.15, 0.2) is 47.4 Å². The second-order valence-electron chi connectivity index (χ2n) is 5.60. The number of hydrogen-bond acceptors (Lipinski definition) is 6. The van der Waals surface area contributed by atoms with Crippen LogP contribution in [-0.2, 0) is 14.3 Å². The normalized spacial score (nSPS) is 11.5. The number of esters is 1. The fourth-order valence-corrected chi connectivity index (χ4v) is 3.03. The molecule has 0 saturated heterocycles. The van der Waals surface area contributed by atoms with Crippen molar-refractivity contribution in [3.05, 3.63) is 63.4 Å². The first kappa shape index (κ1) is 21.6. The maximum atomic E-state index is 13.3. The molecule has 1 amide bonds. The zero-order valence-electron chi connectivity index (χ0n) is 14.7. The lowest BCUT2D eigenvalue weighted by atomic mass is 10.2. The van der Waals surface area contributed by atoms with E-state index in [1.54, 1.807) is 12.1 Å². The highest BCUT2D eigenvalue weighted by atomic mass is 35.5. The summed E-state index contributed by atoms with van der Waals surface area (Å²) in [5, 5.41) is 13.7. The van der Waals surface area contributed by atoms with E-state index >= 15 is 0 Å². The zero-order chi connectivity index (χ0) is 20.7. The Hall–Kier alpha value is -2.65. The number of thioether (sulfide) groups is 1. The number of nitrogens with one attached hydrogen (secondary N) is 1. The standard InChI is InChI=1S/C18H16ClFN2O5S/c1-11(18(24)21-13-4-7-15(20)16(10-13)22(25)26)27-17(23)8-9-28-14-5-2-12(19)3-6-14/h2-7,10-11H,8-9H2,1H3,(H,21,24). The predicted molar refractivity (Wildman–Crippen MR) is 104 cm³/mol. The van der Waals surface area contributed by atoms with E-state index in [-0.39, 0.29) is 12.1 Å². The highest BCUT2D eigenvalue weighted by molar-refractivity contribution is 7.99. The predicted octanol–water partition coefficient (Wildman–Crippen LogP) is 4.44. The summed E-state index contributed by atoms with van der Waals surface area (Å²) in [4.78, 5) is 34.7. The van der Waals surface area contributed by atoms with E-state index in [0.717, 1.165) is 17.0 Å². The largest absolute Gasteiger partial charge is 0.453 e. The van der Waals surface area contributed by atoms with Gasteiger partial charge in [0.1, 0.15) is 0 Å². The first-order valence-electron chi connectivity index (χ1n) is 8.09. The third-order valence-corrected chi connectivity index (χ3v) is 4.74. The smallest absolute Gasteiger partial charge is 0.307 e.